The van der Waals surface area contributed by atoms with Gasteiger partial charge < -0.3 is 14.6 Å². The molecule has 0 saturated carbocycles. The molecule has 3 rings (SSSR count). The van der Waals surface area contributed by atoms with Gasteiger partial charge in [0.15, 0.2) is 0 Å². The summed E-state index contributed by atoms with van der Waals surface area (Å²) in [4.78, 5) is 26.1. The summed E-state index contributed by atoms with van der Waals surface area (Å²) in [5.74, 6) is -0.484. The van der Waals surface area contributed by atoms with E-state index in [1.165, 1.54) is 36.4 Å². The predicted octanol–water partition coefficient (Wildman–Crippen LogP) is 3.68. The molecule has 25 heavy (non-hydrogen) atoms. The van der Waals surface area contributed by atoms with Crippen LogP contribution in [-0.2, 0) is 11.3 Å². The summed E-state index contributed by atoms with van der Waals surface area (Å²) >= 11 is 7.34. The molecule has 0 unspecified atom stereocenters. The molecule has 0 bridgehead atoms. The van der Waals surface area contributed by atoms with E-state index < -0.39 is 5.82 Å². The van der Waals surface area contributed by atoms with E-state index in [0.29, 0.717) is 15.8 Å². The van der Waals surface area contributed by atoms with Crippen molar-refractivity contribution in [1.29, 1.82) is 0 Å². The van der Waals surface area contributed by atoms with E-state index >= 15 is 0 Å². The minimum absolute atomic E-state index is 0.127. The summed E-state index contributed by atoms with van der Waals surface area (Å²) in [5.41, 5.74) is 0. The predicted molar refractivity (Wildman–Crippen MR) is 94.3 cm³/mol. The lowest BCUT2D eigenvalue weighted by atomic mass is 10.2. The average Bonchev–Trinajstić information content (AvgIpc) is 3.20. The normalized spacial score (nSPS) is 10.8. The molecule has 0 atom stereocenters. The number of hydrogen-bond acceptors (Lipinski definition) is 4. The largest absolute Gasteiger partial charge is 0.467 e. The Hall–Kier alpha value is -2.38. The number of thiophene rings is 1. The van der Waals surface area contributed by atoms with Crippen LogP contribution in [0.3, 0.4) is 0 Å². The number of amides is 2. The Morgan fingerprint density at radius 3 is 2.88 bits per heavy atom. The van der Waals surface area contributed by atoms with Gasteiger partial charge >= 0.3 is 0 Å². The van der Waals surface area contributed by atoms with Gasteiger partial charge in [-0.1, -0.05) is 11.6 Å². The topological polar surface area (TPSA) is 62.6 Å². The average molecular weight is 381 g/mol. The van der Waals surface area contributed by atoms with Crippen LogP contribution in [0.5, 0.6) is 0 Å². The van der Waals surface area contributed by atoms with Crippen molar-refractivity contribution in [2.45, 2.75) is 6.54 Å². The molecule has 0 aliphatic carbocycles. The monoisotopic (exact) mass is 380 g/mol. The van der Waals surface area contributed by atoms with E-state index in [0.717, 1.165) is 11.3 Å². The van der Waals surface area contributed by atoms with E-state index in [1.54, 1.807) is 12.1 Å². The van der Waals surface area contributed by atoms with Crippen molar-refractivity contribution < 1.29 is 18.4 Å². The van der Waals surface area contributed by atoms with Crippen LogP contribution in [0.4, 0.5) is 4.39 Å². The molecule has 0 aliphatic rings. The zero-order valence-corrected chi connectivity index (χ0v) is 14.8. The number of nitrogens with one attached hydrogen (secondary N) is 1. The van der Waals surface area contributed by atoms with E-state index in [2.05, 4.69) is 5.32 Å². The van der Waals surface area contributed by atoms with Crippen molar-refractivity contribution in [2.24, 2.45) is 0 Å². The zero-order chi connectivity index (χ0) is 18.0. The second kappa shape index (κ2) is 7.25. The van der Waals surface area contributed by atoms with Gasteiger partial charge in [-0.2, -0.15) is 0 Å². The Balaban J connectivity index is 1.67. The van der Waals surface area contributed by atoms with Crippen LogP contribution < -0.4 is 5.32 Å². The van der Waals surface area contributed by atoms with Crippen molar-refractivity contribution in [3.8, 4) is 0 Å². The first kappa shape index (κ1) is 17.4. The summed E-state index contributed by atoms with van der Waals surface area (Å²) in [6.07, 6.45) is 1.52. The van der Waals surface area contributed by atoms with Crippen LogP contribution in [0.25, 0.3) is 10.1 Å². The van der Waals surface area contributed by atoms with E-state index in [4.69, 9.17) is 16.0 Å². The quantitative estimate of drug-likeness (QED) is 0.734. The van der Waals surface area contributed by atoms with Gasteiger partial charge in [-0.25, -0.2) is 4.39 Å². The summed E-state index contributed by atoms with van der Waals surface area (Å²) in [6.45, 7) is 0.120. The van der Waals surface area contributed by atoms with Crippen LogP contribution in [0.1, 0.15) is 15.4 Å². The van der Waals surface area contributed by atoms with Crippen LogP contribution in [0.15, 0.2) is 41.0 Å². The number of halogens is 2. The van der Waals surface area contributed by atoms with Gasteiger partial charge in [-0.3, -0.25) is 9.59 Å². The molecule has 0 spiro atoms. The van der Waals surface area contributed by atoms with Crippen LogP contribution in [-0.4, -0.2) is 30.3 Å². The molecule has 2 amide bonds. The lowest BCUT2D eigenvalue weighted by Gasteiger charge is -2.16. The number of carbonyl (C=O) groups excluding carboxylic acids is 2. The third kappa shape index (κ3) is 3.83. The smallest absolute Gasteiger partial charge is 0.265 e. The Morgan fingerprint density at radius 2 is 2.16 bits per heavy atom. The number of hydrogen-bond donors (Lipinski definition) is 1. The number of fused-ring (bicyclic) bond motifs is 1. The Bertz CT molecular complexity index is 924. The highest BCUT2D eigenvalue weighted by Gasteiger charge is 2.22. The van der Waals surface area contributed by atoms with Crippen molar-refractivity contribution in [2.75, 3.05) is 13.6 Å². The minimum Gasteiger partial charge on any atom is -0.467 e. The SMILES string of the molecule is CN(CC(=O)NCc1ccco1)C(=O)c1sc2cc(F)ccc2c1Cl. The Labute approximate surface area is 152 Å². The van der Waals surface area contributed by atoms with E-state index in [1.807, 2.05) is 0 Å². The van der Waals surface area contributed by atoms with E-state index in [-0.39, 0.29) is 34.8 Å². The Kier molecular flexibility index (Phi) is 5.06. The first-order chi connectivity index (χ1) is 12.0. The van der Waals surface area contributed by atoms with Crippen molar-refractivity contribution >= 4 is 44.8 Å². The maximum absolute atomic E-state index is 13.3. The van der Waals surface area contributed by atoms with Gasteiger partial charge in [0.05, 0.1) is 24.4 Å². The molecule has 2 aromatic heterocycles. The molecule has 0 fully saturated rings. The fourth-order valence-corrected chi connectivity index (χ4v) is 3.82. The van der Waals surface area contributed by atoms with Gasteiger partial charge in [0.1, 0.15) is 16.5 Å². The molecule has 0 saturated heterocycles. The fourth-order valence-electron chi connectivity index (χ4n) is 2.29. The first-order valence-electron chi connectivity index (χ1n) is 7.38. The third-order valence-electron chi connectivity index (χ3n) is 3.55. The number of benzene rings is 1. The van der Waals surface area contributed by atoms with Crippen LogP contribution in [0, 0.1) is 5.82 Å². The lowest BCUT2D eigenvalue weighted by molar-refractivity contribution is -0.121. The Morgan fingerprint density at radius 1 is 1.36 bits per heavy atom. The highest BCUT2D eigenvalue weighted by Crippen LogP contribution is 2.36. The van der Waals surface area contributed by atoms with Gasteiger partial charge in [-0.05, 0) is 30.3 Å². The molecule has 2 heterocycles. The molecular formula is C17H14ClFN2O3S. The lowest BCUT2D eigenvalue weighted by Crippen LogP contribution is -2.37. The van der Waals surface area contributed by atoms with Crippen molar-refractivity contribution in [3.63, 3.8) is 0 Å². The summed E-state index contributed by atoms with van der Waals surface area (Å²) < 4.78 is 19.0. The molecule has 1 aromatic carbocycles. The molecule has 8 heteroatoms. The number of likely N-dealkylation sites (N-methyl/N-ethyl adjacent to an activating group) is 1. The zero-order valence-electron chi connectivity index (χ0n) is 13.2. The molecule has 0 radical (unpaired) electrons. The summed E-state index contributed by atoms with van der Waals surface area (Å²) in [7, 11) is 1.51. The molecule has 1 N–H and O–H groups in total. The van der Waals surface area contributed by atoms with Crippen LogP contribution >= 0.6 is 22.9 Å². The van der Waals surface area contributed by atoms with Gasteiger partial charge in [0.2, 0.25) is 5.91 Å². The summed E-state index contributed by atoms with van der Waals surface area (Å²) in [6, 6.07) is 7.63. The second-order valence-electron chi connectivity index (χ2n) is 5.40. The van der Waals surface area contributed by atoms with Crippen molar-refractivity contribution in [1.82, 2.24) is 10.2 Å². The molecule has 3 aromatic rings. The highest BCUT2D eigenvalue weighted by molar-refractivity contribution is 7.21. The first-order valence-corrected chi connectivity index (χ1v) is 8.57. The summed E-state index contributed by atoms with van der Waals surface area (Å²) in [5, 5.41) is 3.55. The van der Waals surface area contributed by atoms with E-state index in [9.17, 15) is 14.0 Å². The van der Waals surface area contributed by atoms with Gasteiger partial charge in [0, 0.05) is 17.1 Å². The number of furan rings is 1. The van der Waals surface area contributed by atoms with Gasteiger partial charge in [0.25, 0.3) is 5.91 Å². The molecule has 130 valence electrons. The number of carbonyl (C=O) groups is 2. The molecule has 5 nitrogen and oxygen atoms in total. The fraction of sp³-hybridized carbons (Fsp3) is 0.176. The standard InChI is InChI=1S/C17H14ClFN2O3S/c1-21(9-14(22)20-8-11-3-2-6-24-11)17(23)16-15(18)12-5-4-10(19)7-13(12)25-16/h2-7H,8-9H2,1H3,(H,20,22). The van der Waals surface area contributed by atoms with Crippen LogP contribution in [0.2, 0.25) is 5.02 Å². The highest BCUT2D eigenvalue weighted by atomic mass is 35.5. The van der Waals surface area contributed by atoms with Gasteiger partial charge in [-0.15, -0.1) is 11.3 Å². The second-order valence-corrected chi connectivity index (χ2v) is 6.83. The third-order valence-corrected chi connectivity index (χ3v) is 5.20. The molecule has 0 aliphatic heterocycles. The minimum atomic E-state index is -0.393. The maximum atomic E-state index is 13.3. The van der Waals surface area contributed by atoms with Crippen molar-refractivity contribution in [3.05, 3.63) is 58.1 Å². The number of nitrogens with zero attached hydrogens (tertiary/aromatic N) is 1. The maximum Gasteiger partial charge on any atom is 0.265 e. The molecular weight excluding hydrogens is 367 g/mol. The number of rotatable bonds is 5.